The van der Waals surface area contributed by atoms with Crippen LogP contribution in [0.4, 0.5) is 5.95 Å². The van der Waals surface area contributed by atoms with Gasteiger partial charge in [-0.25, -0.2) is 18.4 Å². The molecule has 0 radical (unpaired) electrons. The molecule has 0 spiro atoms. The van der Waals surface area contributed by atoms with E-state index in [0.717, 1.165) is 10.7 Å². The van der Waals surface area contributed by atoms with E-state index in [1.54, 1.807) is 6.92 Å². The van der Waals surface area contributed by atoms with E-state index < -0.39 is 10.0 Å². The number of rotatable bonds is 2. The van der Waals surface area contributed by atoms with Gasteiger partial charge in [-0.15, -0.1) is 0 Å². The molecule has 0 fully saturated rings. The maximum Gasteiger partial charge on any atom is 1.00 e. The average Bonchev–Trinajstić information content (AvgIpc) is 1.94. The number of anilines is 1. The van der Waals surface area contributed by atoms with E-state index in [1.165, 1.54) is 6.20 Å². The van der Waals surface area contributed by atoms with Crippen LogP contribution < -0.4 is 56.1 Å². The SMILES string of the molecule is Cc1nc(NS(C)(=O)=O)ncc1Br.[H-].[K+]. The normalized spacial score (nSPS) is 10.5. The Kier molecular flexibility index (Phi) is 6.27. The van der Waals surface area contributed by atoms with Crippen molar-refractivity contribution < 1.29 is 61.2 Å². The number of hydrogen-bond donors (Lipinski definition) is 1. The minimum atomic E-state index is -3.30. The topological polar surface area (TPSA) is 72.0 Å². The molecule has 0 saturated heterocycles. The monoisotopic (exact) mass is 305 g/mol. The van der Waals surface area contributed by atoms with Gasteiger partial charge in [-0.05, 0) is 22.9 Å². The zero-order chi connectivity index (χ0) is 10.1. The van der Waals surface area contributed by atoms with Crippen molar-refractivity contribution >= 4 is 31.9 Å². The molecule has 0 amide bonds. The first-order valence-electron chi connectivity index (χ1n) is 3.35. The Morgan fingerprint density at radius 2 is 2.14 bits per heavy atom. The van der Waals surface area contributed by atoms with Crippen LogP contribution in [0.2, 0.25) is 0 Å². The second-order valence-corrected chi connectivity index (χ2v) is 5.10. The van der Waals surface area contributed by atoms with E-state index in [1.807, 2.05) is 0 Å². The minimum Gasteiger partial charge on any atom is -1.00 e. The van der Waals surface area contributed by atoms with Crippen LogP contribution in [0.25, 0.3) is 0 Å². The van der Waals surface area contributed by atoms with Gasteiger partial charge in [-0.2, -0.15) is 0 Å². The molecule has 0 bridgehead atoms. The largest absolute Gasteiger partial charge is 1.00 e. The summed E-state index contributed by atoms with van der Waals surface area (Å²) < 4.78 is 24.5. The molecule has 0 saturated carbocycles. The quantitative estimate of drug-likeness (QED) is 0.644. The predicted molar refractivity (Wildman–Crippen MR) is 54.0 cm³/mol. The van der Waals surface area contributed by atoms with Gasteiger partial charge in [0.1, 0.15) is 0 Å². The third-order valence-corrected chi connectivity index (χ3v) is 2.53. The summed E-state index contributed by atoms with van der Waals surface area (Å²) in [6, 6.07) is 0. The van der Waals surface area contributed by atoms with E-state index in [-0.39, 0.29) is 58.8 Å². The van der Waals surface area contributed by atoms with Gasteiger partial charge in [-0.3, -0.25) is 4.72 Å². The van der Waals surface area contributed by atoms with Crippen molar-refractivity contribution in [2.75, 3.05) is 11.0 Å². The van der Waals surface area contributed by atoms with Crippen LogP contribution in [0.1, 0.15) is 7.12 Å². The molecule has 1 aromatic rings. The van der Waals surface area contributed by atoms with Crippen LogP contribution in [0.3, 0.4) is 0 Å². The second kappa shape index (κ2) is 5.88. The van der Waals surface area contributed by atoms with Gasteiger partial charge < -0.3 is 1.43 Å². The Balaban J connectivity index is 0. The van der Waals surface area contributed by atoms with Gasteiger partial charge >= 0.3 is 51.4 Å². The van der Waals surface area contributed by atoms with Crippen molar-refractivity contribution in [1.29, 1.82) is 0 Å². The number of aryl methyl sites for hydroxylation is 1. The third kappa shape index (κ3) is 5.15. The van der Waals surface area contributed by atoms with Crippen LogP contribution in [0, 0.1) is 6.92 Å². The number of sulfonamides is 1. The molecule has 0 aliphatic rings. The molecule has 0 atom stereocenters. The summed E-state index contributed by atoms with van der Waals surface area (Å²) in [5.74, 6) is 0.0863. The summed E-state index contributed by atoms with van der Waals surface area (Å²) >= 11 is 3.21. The molecule has 0 aromatic carbocycles. The fraction of sp³-hybridized carbons (Fsp3) is 0.333. The molecule has 1 aromatic heterocycles. The summed E-state index contributed by atoms with van der Waals surface area (Å²) in [5, 5.41) is 0. The first-order chi connectivity index (χ1) is 5.88. The van der Waals surface area contributed by atoms with Crippen LogP contribution >= 0.6 is 15.9 Å². The van der Waals surface area contributed by atoms with Gasteiger partial charge in [0, 0.05) is 6.20 Å². The van der Waals surface area contributed by atoms with Crippen LogP contribution in [0.5, 0.6) is 0 Å². The molecule has 14 heavy (non-hydrogen) atoms. The van der Waals surface area contributed by atoms with Gasteiger partial charge in [0.15, 0.2) is 0 Å². The van der Waals surface area contributed by atoms with Crippen molar-refractivity contribution in [1.82, 2.24) is 9.97 Å². The molecule has 74 valence electrons. The molecule has 0 unspecified atom stereocenters. The van der Waals surface area contributed by atoms with E-state index in [0.29, 0.717) is 5.69 Å². The van der Waals surface area contributed by atoms with E-state index >= 15 is 0 Å². The Hall–Kier alpha value is 0.946. The fourth-order valence-corrected chi connectivity index (χ4v) is 1.29. The summed E-state index contributed by atoms with van der Waals surface area (Å²) in [6.07, 6.45) is 2.55. The Labute approximate surface area is 135 Å². The summed E-state index contributed by atoms with van der Waals surface area (Å²) in [7, 11) is -3.30. The Morgan fingerprint density at radius 3 is 2.57 bits per heavy atom. The second-order valence-electron chi connectivity index (χ2n) is 2.50. The number of aromatic nitrogens is 2. The van der Waals surface area contributed by atoms with Crippen LogP contribution in [-0.4, -0.2) is 24.6 Å². The molecule has 1 heterocycles. The van der Waals surface area contributed by atoms with E-state index in [9.17, 15) is 8.42 Å². The summed E-state index contributed by atoms with van der Waals surface area (Å²) in [6.45, 7) is 1.75. The fourth-order valence-electron chi connectivity index (χ4n) is 0.667. The maximum absolute atomic E-state index is 10.8. The number of nitrogens with one attached hydrogen (secondary N) is 1. The smallest absolute Gasteiger partial charge is 1.00 e. The predicted octanol–water partition coefficient (Wildman–Crippen LogP) is -1.96. The molecule has 0 aliphatic heterocycles. The Bertz CT molecular complexity index is 428. The molecule has 5 nitrogen and oxygen atoms in total. The average molecular weight is 306 g/mol. The van der Waals surface area contributed by atoms with Crippen molar-refractivity contribution in [3.05, 3.63) is 16.4 Å². The zero-order valence-electron chi connectivity index (χ0n) is 9.07. The van der Waals surface area contributed by atoms with E-state index in [2.05, 4.69) is 30.6 Å². The number of hydrogen-bond acceptors (Lipinski definition) is 4. The molecule has 1 N–H and O–H groups in total. The number of halogens is 1. The van der Waals surface area contributed by atoms with Gasteiger partial charge in [0.25, 0.3) is 0 Å². The van der Waals surface area contributed by atoms with Gasteiger partial charge in [0.2, 0.25) is 16.0 Å². The summed E-state index contributed by atoms with van der Waals surface area (Å²) in [4.78, 5) is 7.69. The number of nitrogens with zero attached hydrogens (tertiary/aromatic N) is 2. The van der Waals surface area contributed by atoms with Crippen LogP contribution in [0.15, 0.2) is 10.7 Å². The molecular formula is C6H9BrKN3O2S. The molecule has 1 rings (SSSR count). The molecular weight excluding hydrogens is 297 g/mol. The van der Waals surface area contributed by atoms with Crippen molar-refractivity contribution in [2.24, 2.45) is 0 Å². The first-order valence-corrected chi connectivity index (χ1v) is 6.04. The standard InChI is InChI=1S/C6H8BrN3O2S.K.H/c1-4-5(7)3-8-6(9-4)10-13(2,11)12;;/h3H,1-2H3,(H,8,9,10);;/q;+1;-1. The Morgan fingerprint density at radius 1 is 1.57 bits per heavy atom. The zero-order valence-corrected chi connectivity index (χ0v) is 13.6. The van der Waals surface area contributed by atoms with Crippen molar-refractivity contribution in [3.63, 3.8) is 0 Å². The van der Waals surface area contributed by atoms with Gasteiger partial charge in [-0.1, -0.05) is 0 Å². The minimum absolute atomic E-state index is 0. The molecule has 8 heteroatoms. The van der Waals surface area contributed by atoms with Crippen molar-refractivity contribution in [3.8, 4) is 0 Å². The first kappa shape index (κ1) is 14.9. The molecule has 0 aliphatic carbocycles. The third-order valence-electron chi connectivity index (χ3n) is 1.20. The summed E-state index contributed by atoms with van der Waals surface area (Å²) in [5.41, 5.74) is 0.682. The van der Waals surface area contributed by atoms with Crippen LogP contribution in [-0.2, 0) is 10.0 Å². The maximum atomic E-state index is 10.8. The van der Waals surface area contributed by atoms with E-state index in [4.69, 9.17) is 0 Å². The van der Waals surface area contributed by atoms with Gasteiger partial charge in [0.05, 0.1) is 16.4 Å². The van der Waals surface area contributed by atoms with Crippen molar-refractivity contribution in [2.45, 2.75) is 6.92 Å².